The summed E-state index contributed by atoms with van der Waals surface area (Å²) in [5.74, 6) is 5.51. The van der Waals surface area contributed by atoms with E-state index in [0.717, 1.165) is 231 Å². The molecule has 30 aromatic rings. The summed E-state index contributed by atoms with van der Waals surface area (Å²) in [7, 11) is 0. The van der Waals surface area contributed by atoms with Gasteiger partial charge >= 0.3 is 0 Å². The van der Waals surface area contributed by atoms with Crippen LogP contribution in [-0.4, -0.2) is 58.6 Å². The molecule has 0 radical (unpaired) electrons. The van der Waals surface area contributed by atoms with E-state index in [-0.39, 0.29) is 0 Å². The van der Waals surface area contributed by atoms with Gasteiger partial charge in [0.05, 0.1) is 33.1 Å². The number of fused-ring (bicyclic) bond motifs is 18. The number of hydrogen-bond acceptors (Lipinski definition) is 12. The number of hydrogen-bond donors (Lipinski definition) is 0. The van der Waals surface area contributed by atoms with Crippen molar-refractivity contribution in [3.8, 4) is 153 Å². The molecule has 0 saturated heterocycles. The Labute approximate surface area is 859 Å². The third-order valence-electron chi connectivity index (χ3n) is 28.5. The van der Waals surface area contributed by atoms with Crippen LogP contribution in [0.2, 0.25) is 0 Å². The Morgan fingerprint density at radius 2 is 0.367 bits per heavy atom. The summed E-state index contributed by atoms with van der Waals surface area (Å²) >= 11 is 0. The van der Waals surface area contributed by atoms with E-state index in [1.165, 1.54) is 0 Å². The highest BCUT2D eigenvalue weighted by molar-refractivity contribution is 6.15. The Morgan fingerprint density at radius 3 is 0.760 bits per heavy atom. The van der Waals surface area contributed by atoms with Gasteiger partial charge in [-0.25, -0.2) is 15.0 Å². The molecule has 0 saturated carbocycles. The molecule has 0 N–H and O–H groups in total. The van der Waals surface area contributed by atoms with Gasteiger partial charge in [-0.05, 0) is 152 Å². The third-order valence-corrected chi connectivity index (χ3v) is 28.5. The van der Waals surface area contributed by atoms with E-state index >= 15 is 0 Å². The minimum atomic E-state index is 0.586. The van der Waals surface area contributed by atoms with Gasteiger partial charge < -0.3 is 13.3 Å². The van der Waals surface area contributed by atoms with Crippen molar-refractivity contribution in [1.82, 2.24) is 58.6 Å². The Balaban J connectivity index is 0.000000108. The second-order valence-corrected chi connectivity index (χ2v) is 37.4. The van der Waals surface area contributed by atoms with E-state index in [1.807, 2.05) is 140 Å². The fourth-order valence-corrected chi connectivity index (χ4v) is 21.3. The predicted molar refractivity (Wildman–Crippen MR) is 610 cm³/mol. The number of furan rings is 3. The smallest absolute Gasteiger partial charge is 0.238 e. The summed E-state index contributed by atoms with van der Waals surface area (Å²) < 4.78 is 25.1. The molecule has 0 atom stereocenters. The molecule has 150 heavy (non-hydrogen) atoms. The van der Waals surface area contributed by atoms with Crippen LogP contribution in [0.15, 0.2) is 523 Å². The van der Waals surface area contributed by atoms with Gasteiger partial charge in [0.1, 0.15) is 33.5 Å². The monoisotopic (exact) mass is 1920 g/mol. The topological polar surface area (TPSA) is 170 Å². The molecule has 0 aliphatic rings. The zero-order chi connectivity index (χ0) is 99.1. The van der Waals surface area contributed by atoms with Crippen LogP contribution in [0.3, 0.4) is 0 Å². The van der Waals surface area contributed by atoms with Crippen molar-refractivity contribution in [2.75, 3.05) is 0 Å². The van der Waals surface area contributed by atoms with Crippen molar-refractivity contribution < 1.29 is 13.3 Å². The van der Waals surface area contributed by atoms with E-state index in [4.69, 9.17) is 58.1 Å². The van der Waals surface area contributed by atoms with Gasteiger partial charge in [0.2, 0.25) is 17.8 Å². The van der Waals surface area contributed by atoms with E-state index in [1.54, 1.807) is 0 Å². The molecule has 21 aromatic carbocycles. The maximum Gasteiger partial charge on any atom is 0.238 e. The normalized spacial score (nSPS) is 11.6. The van der Waals surface area contributed by atoms with Crippen molar-refractivity contribution in [3.05, 3.63) is 510 Å². The van der Waals surface area contributed by atoms with Gasteiger partial charge in [-0.1, -0.05) is 419 Å². The molecule has 0 spiro atoms. The first-order valence-corrected chi connectivity index (χ1v) is 50.1. The van der Waals surface area contributed by atoms with Gasteiger partial charge in [-0.3, -0.25) is 13.7 Å². The first-order chi connectivity index (χ1) is 74.3. The highest BCUT2D eigenvalue weighted by Gasteiger charge is 2.25. The van der Waals surface area contributed by atoms with Crippen LogP contribution in [0, 0.1) is 0 Å². The maximum absolute atomic E-state index is 6.35. The van der Waals surface area contributed by atoms with E-state index in [9.17, 15) is 0 Å². The lowest BCUT2D eigenvalue weighted by Crippen LogP contribution is -2.06. The van der Waals surface area contributed by atoms with E-state index < -0.39 is 0 Å². The standard InChI is InChI=1S/3C45H28N4O/c1-2-12-30(13-3-1)43-46-44(48-45(47-43)49-39-21-7-4-16-35(39)36-17-5-8-22-40(36)49)31-26-24-29(25-27-31)32-14-10-15-33(28-32)34-19-11-20-38-37-18-6-9-23-41(37)50-42(34)38;1-2-12-30(13-3-1)43-46-44(48-45(47-43)49-38-20-7-4-16-35(38)36-17-5-8-21-39(36)49)31-26-24-29(25-27-31)32-14-10-15-33(28-32)34-19-11-23-41-42(34)37-18-6-9-22-40(37)50-41;1-2-11-30(12-3-1)43-46-44(48-45(47-43)49-39-18-7-4-15-35(39)36-16-5-8-19-40(36)49)31-23-21-29(22-24-31)32-13-10-14-33(27-32)34-25-26-38-37-17-6-9-20-41(37)50-42(38)28-34/h3*1-28H. The van der Waals surface area contributed by atoms with Crippen LogP contribution >= 0.6 is 0 Å². The fraction of sp³-hybridized carbons (Fsp3) is 0. The average molecular weight is 1920 g/mol. The first-order valence-electron chi connectivity index (χ1n) is 50.1. The second-order valence-electron chi connectivity index (χ2n) is 37.4. The Morgan fingerprint density at radius 1 is 0.133 bits per heavy atom. The highest BCUT2D eigenvalue weighted by Crippen LogP contribution is 2.45. The van der Waals surface area contributed by atoms with Crippen LogP contribution in [0.5, 0.6) is 0 Å². The van der Waals surface area contributed by atoms with Gasteiger partial charge in [-0.2, -0.15) is 29.9 Å². The molecule has 0 aliphatic heterocycles. The Hall–Kier alpha value is -20.6. The molecule has 0 amide bonds. The number of rotatable bonds is 15. The molecule has 15 heteroatoms. The van der Waals surface area contributed by atoms with Crippen LogP contribution in [-0.2, 0) is 0 Å². The lowest BCUT2D eigenvalue weighted by Gasteiger charge is -2.11. The van der Waals surface area contributed by atoms with Crippen molar-refractivity contribution in [2.45, 2.75) is 0 Å². The summed E-state index contributed by atoms with van der Waals surface area (Å²) in [6.45, 7) is 0. The van der Waals surface area contributed by atoms with Crippen molar-refractivity contribution in [2.24, 2.45) is 0 Å². The van der Waals surface area contributed by atoms with Gasteiger partial charge in [-0.15, -0.1) is 0 Å². The minimum absolute atomic E-state index is 0.586. The largest absolute Gasteiger partial charge is 0.456 e. The van der Waals surface area contributed by atoms with Gasteiger partial charge in [0, 0.05) is 104 Å². The molecule has 0 unspecified atom stereocenters. The fourth-order valence-electron chi connectivity index (χ4n) is 21.3. The summed E-state index contributed by atoms with van der Waals surface area (Å²) in [6.07, 6.45) is 0. The average Bonchev–Trinajstić information content (AvgIpc) is 1.60. The number of aromatic nitrogens is 12. The van der Waals surface area contributed by atoms with Crippen molar-refractivity contribution in [3.63, 3.8) is 0 Å². The molecule has 30 rings (SSSR count). The summed E-state index contributed by atoms with van der Waals surface area (Å²) in [5, 5.41) is 13.8. The first kappa shape index (κ1) is 87.3. The predicted octanol–water partition coefficient (Wildman–Crippen LogP) is 34.6. The molecule has 0 aliphatic carbocycles. The van der Waals surface area contributed by atoms with Crippen molar-refractivity contribution in [1.29, 1.82) is 0 Å². The van der Waals surface area contributed by atoms with Crippen LogP contribution < -0.4 is 0 Å². The lowest BCUT2D eigenvalue weighted by molar-refractivity contribution is 0.668. The third kappa shape index (κ3) is 15.8. The molecule has 0 bridgehead atoms. The van der Waals surface area contributed by atoms with E-state index in [2.05, 4.69) is 384 Å². The number of benzene rings is 21. The van der Waals surface area contributed by atoms with Crippen LogP contribution in [0.1, 0.15) is 0 Å². The number of para-hydroxylation sites is 10. The van der Waals surface area contributed by atoms with Gasteiger partial charge in [0.25, 0.3) is 0 Å². The minimum Gasteiger partial charge on any atom is -0.456 e. The highest BCUT2D eigenvalue weighted by atomic mass is 16.3. The zero-order valence-electron chi connectivity index (χ0n) is 80.6. The lowest BCUT2D eigenvalue weighted by atomic mass is 9.95. The Bertz CT molecular complexity index is 10300. The number of nitrogens with zero attached hydrogens (tertiary/aromatic N) is 12. The van der Waals surface area contributed by atoms with E-state index in [0.29, 0.717) is 52.8 Å². The Kier molecular flexibility index (Phi) is 21.5. The molecular weight excluding hydrogens is 1840 g/mol. The molecule has 9 aromatic heterocycles. The quantitative estimate of drug-likeness (QED) is 0.0953. The summed E-state index contributed by atoms with van der Waals surface area (Å²) in [5.41, 5.74) is 30.7. The van der Waals surface area contributed by atoms with Crippen molar-refractivity contribution >= 4 is 131 Å². The van der Waals surface area contributed by atoms with Crippen LogP contribution in [0.25, 0.3) is 284 Å². The SMILES string of the molecule is c1ccc(-c2nc(-c3ccc(-c4cccc(-c5ccc6c(c5)oc5ccccc56)c4)cc3)nc(-n3c4ccccc4c4ccccc43)n2)cc1.c1ccc(-c2nc(-c3ccc(-c4cccc(-c5cccc6c5oc5ccccc56)c4)cc3)nc(-n3c4ccccc4c4ccccc43)n2)cc1.c1ccc(-c2nc(-c3ccc(-c4cccc(-c5cccc6oc7ccccc7c56)c4)cc3)nc(-n3c4ccccc4c4ccccc43)n2)cc1. The molecule has 15 nitrogen and oxygen atoms in total. The van der Waals surface area contributed by atoms with Gasteiger partial charge in [0.15, 0.2) is 34.9 Å². The van der Waals surface area contributed by atoms with Crippen LogP contribution in [0.4, 0.5) is 0 Å². The second kappa shape index (κ2) is 37.0. The molecular formula is C135H84N12O3. The summed E-state index contributed by atoms with van der Waals surface area (Å²) in [4.78, 5) is 45.4. The molecule has 0 fully saturated rings. The summed E-state index contributed by atoms with van der Waals surface area (Å²) in [6, 6.07) is 176. The maximum atomic E-state index is 6.35. The zero-order valence-corrected chi connectivity index (χ0v) is 80.6. The molecule has 702 valence electrons. The molecule has 9 heterocycles.